The Balaban J connectivity index is 2.10. The Morgan fingerprint density at radius 2 is 1.77 bits per heavy atom. The topological polar surface area (TPSA) is 13.1 Å². The van der Waals surface area contributed by atoms with Gasteiger partial charge in [-0.1, -0.05) is 73.6 Å². The standard InChI is InChI=1S/C20H20OS/c1-3-4-8-18-19(16-7-5-6-9-17(16)21-18)20(22)15-12-10-14(2)11-13-15/h5-7,9-13H,3-4,8H2,1-2H3. The van der Waals surface area contributed by atoms with Crippen molar-refractivity contribution in [3.63, 3.8) is 0 Å². The number of para-hydroxylation sites is 1. The molecule has 0 aliphatic heterocycles. The molecule has 0 saturated carbocycles. The van der Waals surface area contributed by atoms with E-state index in [1.54, 1.807) is 0 Å². The quantitative estimate of drug-likeness (QED) is 0.433. The van der Waals surface area contributed by atoms with Crippen molar-refractivity contribution >= 4 is 28.1 Å². The molecule has 0 amide bonds. The first-order chi connectivity index (χ1) is 10.7. The lowest BCUT2D eigenvalue weighted by atomic mass is 9.99. The molecule has 1 aromatic heterocycles. The van der Waals surface area contributed by atoms with Gasteiger partial charge in [0.1, 0.15) is 11.3 Å². The average molecular weight is 308 g/mol. The number of furan rings is 1. The Bertz CT molecular complexity index is 796. The molecule has 0 N–H and O–H groups in total. The summed E-state index contributed by atoms with van der Waals surface area (Å²) in [5, 5.41) is 1.12. The molecule has 0 unspecified atom stereocenters. The van der Waals surface area contributed by atoms with E-state index in [0.29, 0.717) is 0 Å². The van der Waals surface area contributed by atoms with Gasteiger partial charge in [0.15, 0.2) is 0 Å². The Labute approximate surface area is 137 Å². The van der Waals surface area contributed by atoms with E-state index in [9.17, 15) is 0 Å². The lowest BCUT2D eigenvalue weighted by Gasteiger charge is -2.06. The van der Waals surface area contributed by atoms with E-state index in [2.05, 4.69) is 44.2 Å². The van der Waals surface area contributed by atoms with Crippen LogP contribution in [0.25, 0.3) is 11.0 Å². The van der Waals surface area contributed by atoms with Crippen molar-refractivity contribution in [2.45, 2.75) is 33.1 Å². The fourth-order valence-corrected chi connectivity index (χ4v) is 3.07. The van der Waals surface area contributed by atoms with Crippen molar-refractivity contribution in [3.05, 3.63) is 71.0 Å². The fraction of sp³-hybridized carbons (Fsp3) is 0.250. The lowest BCUT2D eigenvalue weighted by molar-refractivity contribution is 0.536. The number of thiocarbonyl (C=S) groups is 1. The minimum Gasteiger partial charge on any atom is -0.460 e. The zero-order valence-electron chi connectivity index (χ0n) is 13.1. The van der Waals surface area contributed by atoms with Crippen LogP contribution in [-0.4, -0.2) is 4.86 Å². The lowest BCUT2D eigenvalue weighted by Crippen LogP contribution is -2.02. The van der Waals surface area contributed by atoms with Crippen LogP contribution in [0.5, 0.6) is 0 Å². The number of rotatable bonds is 5. The van der Waals surface area contributed by atoms with Crippen molar-refractivity contribution in [3.8, 4) is 0 Å². The molecule has 0 aliphatic carbocycles. The highest BCUT2D eigenvalue weighted by molar-refractivity contribution is 7.81. The van der Waals surface area contributed by atoms with E-state index in [1.807, 2.05) is 18.2 Å². The molecule has 0 atom stereocenters. The first-order valence-electron chi connectivity index (χ1n) is 7.82. The number of benzene rings is 2. The van der Waals surface area contributed by atoms with Gasteiger partial charge in [0, 0.05) is 17.4 Å². The van der Waals surface area contributed by atoms with Crippen molar-refractivity contribution in [2.24, 2.45) is 0 Å². The summed E-state index contributed by atoms with van der Waals surface area (Å²) < 4.78 is 6.08. The second kappa shape index (κ2) is 6.45. The van der Waals surface area contributed by atoms with E-state index in [-0.39, 0.29) is 0 Å². The van der Waals surface area contributed by atoms with Crippen LogP contribution in [0, 0.1) is 6.92 Å². The second-order valence-corrected chi connectivity index (χ2v) is 6.10. The molecule has 112 valence electrons. The maximum atomic E-state index is 6.08. The fourth-order valence-electron chi connectivity index (χ4n) is 2.71. The Morgan fingerprint density at radius 3 is 2.50 bits per heavy atom. The minimum absolute atomic E-state index is 0.885. The number of unbranched alkanes of at least 4 members (excludes halogenated alkanes) is 1. The third kappa shape index (κ3) is 2.84. The van der Waals surface area contributed by atoms with Crippen LogP contribution in [0.1, 0.15) is 42.2 Å². The third-order valence-electron chi connectivity index (χ3n) is 3.97. The summed E-state index contributed by atoms with van der Waals surface area (Å²) in [5.41, 5.74) is 4.36. The number of fused-ring (bicyclic) bond motifs is 1. The van der Waals surface area contributed by atoms with Gasteiger partial charge in [-0.25, -0.2) is 0 Å². The molecule has 3 rings (SSSR count). The highest BCUT2D eigenvalue weighted by Crippen LogP contribution is 2.30. The molecule has 1 nitrogen and oxygen atoms in total. The zero-order valence-corrected chi connectivity index (χ0v) is 13.9. The highest BCUT2D eigenvalue weighted by Gasteiger charge is 2.18. The predicted octanol–water partition coefficient (Wildman–Crippen LogP) is 5.85. The SMILES string of the molecule is CCCCc1oc2ccccc2c1C(=S)c1ccc(C)cc1. The first-order valence-corrected chi connectivity index (χ1v) is 8.23. The molecule has 0 bridgehead atoms. The summed E-state index contributed by atoms with van der Waals surface area (Å²) in [6, 6.07) is 16.6. The van der Waals surface area contributed by atoms with E-state index in [0.717, 1.165) is 52.0 Å². The molecule has 2 heteroatoms. The molecule has 0 spiro atoms. The van der Waals surface area contributed by atoms with Gasteiger partial charge >= 0.3 is 0 Å². The number of aryl methyl sites for hydroxylation is 2. The van der Waals surface area contributed by atoms with E-state index < -0.39 is 0 Å². The van der Waals surface area contributed by atoms with Crippen molar-refractivity contribution < 1.29 is 4.42 Å². The summed E-state index contributed by atoms with van der Waals surface area (Å²) in [5.74, 6) is 1.02. The maximum Gasteiger partial charge on any atom is 0.134 e. The van der Waals surface area contributed by atoms with Crippen LogP contribution in [0.2, 0.25) is 0 Å². The van der Waals surface area contributed by atoms with Gasteiger partial charge in [0.2, 0.25) is 0 Å². The summed E-state index contributed by atoms with van der Waals surface area (Å²) >= 11 is 5.79. The second-order valence-electron chi connectivity index (χ2n) is 5.70. The van der Waals surface area contributed by atoms with Gasteiger partial charge in [-0.3, -0.25) is 0 Å². The molecular formula is C20H20OS. The van der Waals surface area contributed by atoms with Gasteiger partial charge in [-0.2, -0.15) is 0 Å². The first kappa shape index (κ1) is 15.0. The summed E-state index contributed by atoms with van der Waals surface area (Å²) in [7, 11) is 0. The van der Waals surface area contributed by atoms with Crippen LogP contribution in [0.15, 0.2) is 52.9 Å². The van der Waals surface area contributed by atoms with Crippen LogP contribution in [0.4, 0.5) is 0 Å². The summed E-state index contributed by atoms with van der Waals surface area (Å²) in [6.07, 6.45) is 3.20. The molecular weight excluding hydrogens is 288 g/mol. The predicted molar refractivity (Wildman–Crippen MR) is 96.8 cm³/mol. The molecule has 0 radical (unpaired) electrons. The Hall–Kier alpha value is -1.93. The zero-order chi connectivity index (χ0) is 15.5. The third-order valence-corrected chi connectivity index (χ3v) is 4.41. The molecule has 1 heterocycles. The van der Waals surface area contributed by atoms with Crippen LogP contribution in [-0.2, 0) is 6.42 Å². The molecule has 2 aromatic carbocycles. The van der Waals surface area contributed by atoms with Crippen molar-refractivity contribution in [1.29, 1.82) is 0 Å². The van der Waals surface area contributed by atoms with E-state index in [1.165, 1.54) is 5.56 Å². The smallest absolute Gasteiger partial charge is 0.134 e. The van der Waals surface area contributed by atoms with Gasteiger partial charge in [0.05, 0.1) is 4.86 Å². The van der Waals surface area contributed by atoms with E-state index >= 15 is 0 Å². The van der Waals surface area contributed by atoms with Crippen molar-refractivity contribution in [2.75, 3.05) is 0 Å². The monoisotopic (exact) mass is 308 g/mol. The highest BCUT2D eigenvalue weighted by atomic mass is 32.1. The summed E-state index contributed by atoms with van der Waals surface area (Å²) in [6.45, 7) is 4.29. The van der Waals surface area contributed by atoms with Gasteiger partial charge in [-0.05, 0) is 25.0 Å². The molecule has 0 aliphatic rings. The molecule has 22 heavy (non-hydrogen) atoms. The minimum atomic E-state index is 0.885. The van der Waals surface area contributed by atoms with Crippen LogP contribution >= 0.6 is 12.2 Å². The maximum absolute atomic E-state index is 6.08. The Morgan fingerprint density at radius 1 is 1.05 bits per heavy atom. The number of hydrogen-bond donors (Lipinski definition) is 0. The molecule has 0 saturated heterocycles. The largest absolute Gasteiger partial charge is 0.460 e. The Kier molecular flexibility index (Phi) is 4.39. The van der Waals surface area contributed by atoms with Gasteiger partial charge < -0.3 is 4.42 Å². The average Bonchev–Trinajstić information content (AvgIpc) is 2.91. The van der Waals surface area contributed by atoms with Crippen LogP contribution in [0.3, 0.4) is 0 Å². The number of hydrogen-bond acceptors (Lipinski definition) is 2. The van der Waals surface area contributed by atoms with Crippen molar-refractivity contribution in [1.82, 2.24) is 0 Å². The molecule has 0 fully saturated rings. The summed E-state index contributed by atoms with van der Waals surface area (Å²) in [4.78, 5) is 0.885. The van der Waals surface area contributed by atoms with Gasteiger partial charge in [-0.15, -0.1) is 0 Å². The molecule has 3 aromatic rings. The van der Waals surface area contributed by atoms with Crippen LogP contribution < -0.4 is 0 Å². The van der Waals surface area contributed by atoms with E-state index in [4.69, 9.17) is 16.6 Å². The normalized spacial score (nSPS) is 11.0. The van der Waals surface area contributed by atoms with Gasteiger partial charge in [0.25, 0.3) is 0 Å².